The molecule has 1 aromatic carbocycles. The van der Waals surface area contributed by atoms with Gasteiger partial charge in [-0.1, -0.05) is 12.1 Å². The van der Waals surface area contributed by atoms with Crippen LogP contribution >= 0.6 is 15.9 Å². The number of aromatic amines is 1. The Hall–Kier alpha value is -1.95. The first kappa shape index (κ1) is 15.0. The van der Waals surface area contributed by atoms with E-state index in [2.05, 4.69) is 31.9 Å². The predicted molar refractivity (Wildman–Crippen MR) is 89.6 cm³/mol. The molecule has 0 radical (unpaired) electrons. The van der Waals surface area contributed by atoms with Crippen molar-refractivity contribution in [2.75, 3.05) is 38.2 Å². The van der Waals surface area contributed by atoms with E-state index < -0.39 is 0 Å². The summed E-state index contributed by atoms with van der Waals surface area (Å²) in [7, 11) is 1.68. The molecule has 1 fully saturated rings. The molecule has 1 saturated heterocycles. The number of aromatic nitrogens is 1. The summed E-state index contributed by atoms with van der Waals surface area (Å²) in [5.41, 5.74) is 1.71. The third-order valence-electron chi connectivity index (χ3n) is 3.87. The van der Waals surface area contributed by atoms with Gasteiger partial charge in [-0.25, -0.2) is 0 Å². The monoisotopic (exact) mass is 363 g/mol. The van der Waals surface area contributed by atoms with E-state index in [1.165, 1.54) is 0 Å². The van der Waals surface area contributed by atoms with Gasteiger partial charge >= 0.3 is 0 Å². The number of halogens is 1. The third-order valence-corrected chi connectivity index (χ3v) is 4.33. The molecule has 116 valence electrons. The number of amides is 1. The lowest BCUT2D eigenvalue weighted by Crippen LogP contribution is -2.49. The van der Waals surface area contributed by atoms with Crippen molar-refractivity contribution in [3.05, 3.63) is 46.7 Å². The minimum Gasteiger partial charge on any atom is -0.495 e. The molecule has 0 atom stereocenters. The lowest BCUT2D eigenvalue weighted by atomic mass is 10.2. The van der Waals surface area contributed by atoms with E-state index in [0.717, 1.165) is 29.0 Å². The zero-order valence-electron chi connectivity index (χ0n) is 12.4. The van der Waals surface area contributed by atoms with Crippen LogP contribution in [0.4, 0.5) is 5.69 Å². The molecule has 22 heavy (non-hydrogen) atoms. The summed E-state index contributed by atoms with van der Waals surface area (Å²) in [5, 5.41) is 0. The minimum absolute atomic E-state index is 0.0466. The summed E-state index contributed by atoms with van der Waals surface area (Å²) in [6.45, 7) is 3.00. The van der Waals surface area contributed by atoms with Crippen molar-refractivity contribution in [3.63, 3.8) is 0 Å². The lowest BCUT2D eigenvalue weighted by Gasteiger charge is -2.36. The normalized spacial score (nSPS) is 15.0. The molecule has 2 heterocycles. The molecule has 0 spiro atoms. The van der Waals surface area contributed by atoms with Crippen molar-refractivity contribution in [2.24, 2.45) is 0 Å². The van der Waals surface area contributed by atoms with E-state index in [1.807, 2.05) is 29.2 Å². The number of carbonyl (C=O) groups is 1. The van der Waals surface area contributed by atoms with Gasteiger partial charge in [-0.2, -0.15) is 0 Å². The van der Waals surface area contributed by atoms with Crippen LogP contribution in [0.5, 0.6) is 5.75 Å². The zero-order chi connectivity index (χ0) is 15.5. The molecule has 1 aliphatic rings. The number of ether oxygens (including phenoxy) is 1. The molecule has 0 aliphatic carbocycles. The number of nitrogens with zero attached hydrogens (tertiary/aromatic N) is 2. The van der Waals surface area contributed by atoms with Crippen molar-refractivity contribution in [1.29, 1.82) is 0 Å². The van der Waals surface area contributed by atoms with Crippen molar-refractivity contribution >= 4 is 27.5 Å². The molecule has 1 aliphatic heterocycles. The van der Waals surface area contributed by atoms with Crippen LogP contribution < -0.4 is 9.64 Å². The molecule has 0 unspecified atom stereocenters. The van der Waals surface area contributed by atoms with Crippen LogP contribution in [-0.4, -0.2) is 49.1 Å². The fraction of sp³-hybridized carbons (Fsp3) is 0.312. The Morgan fingerprint density at radius 2 is 1.95 bits per heavy atom. The smallest absolute Gasteiger partial charge is 0.270 e. The van der Waals surface area contributed by atoms with Gasteiger partial charge in [0.15, 0.2) is 0 Å². The predicted octanol–water partition coefficient (Wildman–Crippen LogP) is 2.75. The number of H-pyrrole nitrogens is 1. The number of nitrogens with one attached hydrogen (secondary N) is 1. The fourth-order valence-electron chi connectivity index (χ4n) is 2.70. The number of hydrogen-bond acceptors (Lipinski definition) is 3. The van der Waals surface area contributed by atoms with Gasteiger partial charge in [0.25, 0.3) is 5.91 Å². The zero-order valence-corrected chi connectivity index (χ0v) is 14.0. The van der Waals surface area contributed by atoms with Crippen molar-refractivity contribution in [1.82, 2.24) is 9.88 Å². The fourth-order valence-corrected chi connectivity index (χ4v) is 3.05. The van der Waals surface area contributed by atoms with Gasteiger partial charge in [-0.05, 0) is 34.1 Å². The maximum absolute atomic E-state index is 12.4. The topological polar surface area (TPSA) is 48.6 Å². The van der Waals surface area contributed by atoms with Crippen LogP contribution in [0.1, 0.15) is 10.5 Å². The second-order valence-electron chi connectivity index (χ2n) is 5.18. The van der Waals surface area contributed by atoms with Crippen LogP contribution in [0.2, 0.25) is 0 Å². The van der Waals surface area contributed by atoms with Crippen molar-refractivity contribution < 1.29 is 9.53 Å². The summed E-state index contributed by atoms with van der Waals surface area (Å²) in [4.78, 5) is 19.5. The quantitative estimate of drug-likeness (QED) is 0.911. The highest BCUT2D eigenvalue weighted by Gasteiger charge is 2.24. The van der Waals surface area contributed by atoms with Crippen LogP contribution in [0, 0.1) is 0 Å². The maximum atomic E-state index is 12.4. The molecular formula is C16H18BrN3O2. The molecule has 2 aromatic rings. The number of methoxy groups -OCH3 is 1. The van der Waals surface area contributed by atoms with Gasteiger partial charge in [-0.15, -0.1) is 0 Å². The van der Waals surface area contributed by atoms with E-state index in [-0.39, 0.29) is 5.91 Å². The van der Waals surface area contributed by atoms with E-state index in [0.29, 0.717) is 18.8 Å². The van der Waals surface area contributed by atoms with E-state index in [4.69, 9.17) is 4.74 Å². The first-order valence-corrected chi connectivity index (χ1v) is 7.99. The number of hydrogen-bond donors (Lipinski definition) is 1. The van der Waals surface area contributed by atoms with Crippen LogP contribution in [0.25, 0.3) is 0 Å². The van der Waals surface area contributed by atoms with Gasteiger partial charge in [0.2, 0.25) is 0 Å². The molecule has 5 nitrogen and oxygen atoms in total. The van der Waals surface area contributed by atoms with Gasteiger partial charge in [0.05, 0.1) is 12.8 Å². The molecule has 0 saturated carbocycles. The largest absolute Gasteiger partial charge is 0.495 e. The Morgan fingerprint density at radius 3 is 2.59 bits per heavy atom. The second kappa shape index (κ2) is 6.44. The molecule has 6 heteroatoms. The first-order chi connectivity index (χ1) is 10.7. The lowest BCUT2D eigenvalue weighted by molar-refractivity contribution is 0.0741. The van der Waals surface area contributed by atoms with Crippen LogP contribution in [0.3, 0.4) is 0 Å². The van der Waals surface area contributed by atoms with Crippen LogP contribution in [-0.2, 0) is 0 Å². The van der Waals surface area contributed by atoms with Gasteiger partial charge in [-0.3, -0.25) is 4.79 Å². The molecule has 1 N–H and O–H groups in total. The number of benzene rings is 1. The van der Waals surface area contributed by atoms with Crippen molar-refractivity contribution in [2.45, 2.75) is 0 Å². The SMILES string of the molecule is COc1ccccc1N1CCN(C(=O)c2cc(Br)c[nH]2)CC1. The average Bonchev–Trinajstić information content (AvgIpc) is 3.01. The third kappa shape index (κ3) is 2.97. The Morgan fingerprint density at radius 1 is 1.23 bits per heavy atom. The molecule has 3 rings (SSSR count). The minimum atomic E-state index is 0.0466. The van der Waals surface area contributed by atoms with E-state index >= 15 is 0 Å². The Labute approximate surface area is 138 Å². The second-order valence-corrected chi connectivity index (χ2v) is 6.10. The number of piperazine rings is 1. The average molecular weight is 364 g/mol. The van der Waals surface area contributed by atoms with Crippen molar-refractivity contribution in [3.8, 4) is 5.75 Å². The van der Waals surface area contributed by atoms with Gasteiger partial charge < -0.3 is 19.5 Å². The first-order valence-electron chi connectivity index (χ1n) is 7.20. The van der Waals surface area contributed by atoms with Gasteiger partial charge in [0, 0.05) is 36.8 Å². The summed E-state index contributed by atoms with van der Waals surface area (Å²) >= 11 is 3.36. The maximum Gasteiger partial charge on any atom is 0.270 e. The molecule has 0 bridgehead atoms. The summed E-state index contributed by atoms with van der Waals surface area (Å²) < 4.78 is 6.30. The number of carbonyl (C=O) groups excluding carboxylic acids is 1. The Bertz CT molecular complexity index is 663. The molecular weight excluding hydrogens is 346 g/mol. The number of para-hydroxylation sites is 2. The van der Waals surface area contributed by atoms with Crippen LogP contribution in [0.15, 0.2) is 41.0 Å². The Kier molecular flexibility index (Phi) is 4.38. The van der Waals surface area contributed by atoms with Gasteiger partial charge in [0.1, 0.15) is 11.4 Å². The standard InChI is InChI=1S/C16H18BrN3O2/c1-22-15-5-3-2-4-14(15)19-6-8-20(9-7-19)16(21)13-10-12(17)11-18-13/h2-5,10-11,18H,6-9H2,1H3. The summed E-state index contributed by atoms with van der Waals surface area (Å²) in [6, 6.07) is 9.80. The highest BCUT2D eigenvalue weighted by molar-refractivity contribution is 9.10. The highest BCUT2D eigenvalue weighted by Crippen LogP contribution is 2.28. The van der Waals surface area contributed by atoms with E-state index in [1.54, 1.807) is 13.3 Å². The summed E-state index contributed by atoms with van der Waals surface area (Å²) in [5.74, 6) is 0.918. The van der Waals surface area contributed by atoms with E-state index in [9.17, 15) is 4.79 Å². The molecule has 1 amide bonds. The highest BCUT2D eigenvalue weighted by atomic mass is 79.9. The number of rotatable bonds is 3. The Balaban J connectivity index is 1.66. The summed E-state index contributed by atoms with van der Waals surface area (Å²) in [6.07, 6.45) is 1.78. The number of anilines is 1. The molecule has 1 aromatic heterocycles.